The Kier molecular flexibility index (Phi) is 4.19. The van der Waals surface area contributed by atoms with Crippen LogP contribution in [0.3, 0.4) is 0 Å². The van der Waals surface area contributed by atoms with Crippen LogP contribution in [0, 0.1) is 17.1 Å². The minimum atomic E-state index is -4.54. The molecule has 0 heterocycles. The molecular formula is C14H7BrF4N2. The van der Waals surface area contributed by atoms with E-state index in [9.17, 15) is 17.6 Å². The third-order valence-corrected chi connectivity index (χ3v) is 3.35. The van der Waals surface area contributed by atoms with Crippen LogP contribution in [0.25, 0.3) is 0 Å². The predicted octanol–water partition coefficient (Wildman–Crippen LogP) is 5.22. The van der Waals surface area contributed by atoms with Gasteiger partial charge >= 0.3 is 6.18 Å². The molecule has 0 aliphatic carbocycles. The van der Waals surface area contributed by atoms with Gasteiger partial charge in [0.25, 0.3) is 0 Å². The topological polar surface area (TPSA) is 35.8 Å². The van der Waals surface area contributed by atoms with Gasteiger partial charge in [0.05, 0.1) is 22.5 Å². The van der Waals surface area contributed by atoms with E-state index in [4.69, 9.17) is 5.26 Å². The summed E-state index contributed by atoms with van der Waals surface area (Å²) >= 11 is 3.13. The van der Waals surface area contributed by atoms with E-state index in [1.165, 1.54) is 12.1 Å². The molecule has 0 saturated carbocycles. The van der Waals surface area contributed by atoms with Gasteiger partial charge < -0.3 is 5.32 Å². The molecule has 2 aromatic carbocycles. The van der Waals surface area contributed by atoms with Crippen LogP contribution in [0.2, 0.25) is 0 Å². The van der Waals surface area contributed by atoms with Crippen molar-refractivity contribution in [3.8, 4) is 6.07 Å². The van der Waals surface area contributed by atoms with Gasteiger partial charge in [0.2, 0.25) is 0 Å². The van der Waals surface area contributed by atoms with Gasteiger partial charge in [-0.3, -0.25) is 0 Å². The Balaban J connectivity index is 2.44. The number of hydrogen-bond acceptors (Lipinski definition) is 2. The Bertz CT molecular complexity index is 700. The van der Waals surface area contributed by atoms with Crippen LogP contribution in [0.4, 0.5) is 28.9 Å². The lowest BCUT2D eigenvalue weighted by Crippen LogP contribution is -2.06. The highest BCUT2D eigenvalue weighted by molar-refractivity contribution is 9.10. The summed E-state index contributed by atoms with van der Waals surface area (Å²) in [6.07, 6.45) is -4.54. The maximum absolute atomic E-state index is 13.7. The van der Waals surface area contributed by atoms with Gasteiger partial charge in [-0.15, -0.1) is 0 Å². The minimum Gasteiger partial charge on any atom is -0.351 e. The number of rotatable bonds is 2. The smallest absolute Gasteiger partial charge is 0.351 e. The Labute approximate surface area is 126 Å². The van der Waals surface area contributed by atoms with E-state index in [0.29, 0.717) is 4.47 Å². The van der Waals surface area contributed by atoms with E-state index >= 15 is 0 Å². The lowest BCUT2D eigenvalue weighted by molar-refractivity contribution is -0.137. The SMILES string of the molecule is N#Cc1cc(C(F)(F)F)ccc1Nc1c(F)cccc1Br. The molecule has 2 nitrogen and oxygen atoms in total. The average Bonchev–Trinajstić information content (AvgIpc) is 2.42. The van der Waals surface area contributed by atoms with Crippen molar-refractivity contribution in [2.24, 2.45) is 0 Å². The molecule has 0 aromatic heterocycles. The van der Waals surface area contributed by atoms with Crippen molar-refractivity contribution in [3.63, 3.8) is 0 Å². The molecule has 0 amide bonds. The van der Waals surface area contributed by atoms with Crippen LogP contribution in [0.15, 0.2) is 40.9 Å². The second-order valence-electron chi connectivity index (χ2n) is 4.09. The van der Waals surface area contributed by atoms with Crippen molar-refractivity contribution in [3.05, 3.63) is 57.8 Å². The normalized spacial score (nSPS) is 11.0. The Morgan fingerprint density at radius 2 is 1.86 bits per heavy atom. The number of benzene rings is 2. The molecule has 0 unspecified atom stereocenters. The maximum atomic E-state index is 13.7. The van der Waals surface area contributed by atoms with Gasteiger partial charge in [-0.1, -0.05) is 6.07 Å². The van der Waals surface area contributed by atoms with Crippen LogP contribution in [0.1, 0.15) is 11.1 Å². The van der Waals surface area contributed by atoms with Gasteiger partial charge in [-0.05, 0) is 46.3 Å². The highest BCUT2D eigenvalue weighted by atomic mass is 79.9. The third-order valence-electron chi connectivity index (χ3n) is 2.69. The Morgan fingerprint density at radius 3 is 2.43 bits per heavy atom. The van der Waals surface area contributed by atoms with E-state index in [1.54, 1.807) is 12.1 Å². The first-order valence-corrected chi connectivity index (χ1v) is 6.44. The molecule has 0 saturated heterocycles. The molecule has 2 rings (SSSR count). The molecular weight excluding hydrogens is 352 g/mol. The first-order valence-electron chi connectivity index (χ1n) is 5.65. The van der Waals surface area contributed by atoms with Crippen molar-refractivity contribution < 1.29 is 17.6 Å². The lowest BCUT2D eigenvalue weighted by atomic mass is 10.1. The van der Waals surface area contributed by atoms with Crippen LogP contribution in [-0.4, -0.2) is 0 Å². The van der Waals surface area contributed by atoms with Crippen molar-refractivity contribution in [2.75, 3.05) is 5.32 Å². The summed E-state index contributed by atoms with van der Waals surface area (Å²) in [7, 11) is 0. The molecule has 0 radical (unpaired) electrons. The molecule has 1 N–H and O–H groups in total. The zero-order valence-corrected chi connectivity index (χ0v) is 11.9. The summed E-state index contributed by atoms with van der Waals surface area (Å²) in [5.41, 5.74) is -1.01. The molecule has 108 valence electrons. The summed E-state index contributed by atoms with van der Waals surface area (Å²) in [5, 5.41) is 11.6. The number of para-hydroxylation sites is 1. The first kappa shape index (κ1) is 15.3. The molecule has 0 atom stereocenters. The first-order chi connectivity index (χ1) is 9.82. The monoisotopic (exact) mass is 358 g/mol. The zero-order chi connectivity index (χ0) is 15.6. The standard InChI is InChI=1S/C14H7BrF4N2/c15-10-2-1-3-11(16)13(10)21-12-5-4-9(14(17,18)19)6-8(12)7-20/h1-6,21H. The van der Waals surface area contributed by atoms with Gasteiger partial charge in [-0.25, -0.2) is 4.39 Å². The molecule has 7 heteroatoms. The number of nitrogens with one attached hydrogen (secondary N) is 1. The molecule has 21 heavy (non-hydrogen) atoms. The molecule has 2 aromatic rings. The van der Waals surface area contributed by atoms with Crippen molar-refractivity contribution in [2.45, 2.75) is 6.18 Å². The zero-order valence-electron chi connectivity index (χ0n) is 10.3. The fraction of sp³-hybridized carbons (Fsp3) is 0.0714. The highest BCUT2D eigenvalue weighted by Crippen LogP contribution is 2.34. The van der Waals surface area contributed by atoms with E-state index in [1.807, 2.05) is 0 Å². The Morgan fingerprint density at radius 1 is 1.14 bits per heavy atom. The summed E-state index contributed by atoms with van der Waals surface area (Å²) in [6.45, 7) is 0. The predicted molar refractivity (Wildman–Crippen MR) is 73.5 cm³/mol. The summed E-state index contributed by atoms with van der Waals surface area (Å²) in [5.74, 6) is -0.590. The van der Waals surface area contributed by atoms with E-state index < -0.39 is 17.6 Å². The van der Waals surface area contributed by atoms with Crippen molar-refractivity contribution in [1.82, 2.24) is 0 Å². The van der Waals surface area contributed by atoms with Crippen molar-refractivity contribution in [1.29, 1.82) is 5.26 Å². The fourth-order valence-corrected chi connectivity index (χ4v) is 2.12. The summed E-state index contributed by atoms with van der Waals surface area (Å²) in [6, 6.07) is 8.56. The number of nitrogens with zero attached hydrogens (tertiary/aromatic N) is 1. The third kappa shape index (κ3) is 3.34. The largest absolute Gasteiger partial charge is 0.416 e. The second kappa shape index (κ2) is 5.74. The van der Waals surface area contributed by atoms with Gasteiger partial charge in [0.1, 0.15) is 11.9 Å². The van der Waals surface area contributed by atoms with Crippen LogP contribution in [0.5, 0.6) is 0 Å². The summed E-state index contributed by atoms with van der Waals surface area (Å²) < 4.78 is 51.9. The lowest BCUT2D eigenvalue weighted by Gasteiger charge is -2.13. The minimum absolute atomic E-state index is 0.0498. The number of hydrogen-bond donors (Lipinski definition) is 1. The maximum Gasteiger partial charge on any atom is 0.416 e. The van der Waals surface area contributed by atoms with Gasteiger partial charge in [0, 0.05) is 4.47 Å². The summed E-state index contributed by atoms with van der Waals surface area (Å²) in [4.78, 5) is 0. The van der Waals surface area contributed by atoms with Gasteiger partial charge in [-0.2, -0.15) is 18.4 Å². The molecule has 0 bridgehead atoms. The van der Waals surface area contributed by atoms with Crippen molar-refractivity contribution >= 4 is 27.3 Å². The number of halogens is 5. The number of alkyl halides is 3. The number of anilines is 2. The Hall–Kier alpha value is -2.07. The van der Waals surface area contributed by atoms with Gasteiger partial charge in [0.15, 0.2) is 0 Å². The molecule has 0 spiro atoms. The number of nitriles is 1. The van der Waals surface area contributed by atoms with E-state index in [2.05, 4.69) is 21.2 Å². The second-order valence-corrected chi connectivity index (χ2v) is 4.95. The van der Waals surface area contributed by atoms with Crippen LogP contribution >= 0.6 is 15.9 Å². The van der Waals surface area contributed by atoms with Crippen LogP contribution < -0.4 is 5.32 Å². The van der Waals surface area contributed by atoms with Crippen LogP contribution in [-0.2, 0) is 6.18 Å². The molecule has 0 aliphatic heterocycles. The molecule has 0 aliphatic rings. The average molecular weight is 359 g/mol. The van der Waals surface area contributed by atoms with E-state index in [0.717, 1.165) is 18.2 Å². The van der Waals surface area contributed by atoms with E-state index in [-0.39, 0.29) is 16.9 Å². The molecule has 0 fully saturated rings. The highest BCUT2D eigenvalue weighted by Gasteiger charge is 2.31. The fourth-order valence-electron chi connectivity index (χ4n) is 1.67. The quantitative estimate of drug-likeness (QED) is 0.746.